The molecule has 0 spiro atoms. The molecule has 0 aliphatic rings. The Balaban J connectivity index is 2.44. The first kappa shape index (κ1) is 16.0. The predicted molar refractivity (Wildman–Crippen MR) is 81.2 cm³/mol. The van der Waals surface area contributed by atoms with E-state index >= 15 is 0 Å². The summed E-state index contributed by atoms with van der Waals surface area (Å²) in [6, 6.07) is 8.80. The van der Waals surface area contributed by atoms with E-state index < -0.39 is 24.0 Å². The molecule has 0 fully saturated rings. The fourth-order valence-corrected chi connectivity index (χ4v) is 2.47. The van der Waals surface area contributed by atoms with Crippen molar-refractivity contribution < 1.29 is 19.1 Å². The van der Waals surface area contributed by atoms with Crippen LogP contribution in [-0.4, -0.2) is 18.0 Å². The third-order valence-electron chi connectivity index (χ3n) is 3.16. The van der Waals surface area contributed by atoms with Crippen LogP contribution in [0, 0.1) is 5.82 Å². The quantitative estimate of drug-likeness (QED) is 0.515. The molecule has 0 aliphatic carbocycles. The van der Waals surface area contributed by atoms with E-state index in [1.54, 1.807) is 24.3 Å². The van der Waals surface area contributed by atoms with Gasteiger partial charge in [0.25, 0.3) is 0 Å². The van der Waals surface area contributed by atoms with Crippen LogP contribution < -0.4 is 10.8 Å². The van der Waals surface area contributed by atoms with Gasteiger partial charge in [-0.1, -0.05) is 0 Å². The highest BCUT2D eigenvalue weighted by molar-refractivity contribution is 7.98. The Bertz CT molecular complexity index is 729. The summed E-state index contributed by atoms with van der Waals surface area (Å²) in [6.07, 6.45) is 1.36. The van der Waals surface area contributed by atoms with Gasteiger partial charge in [-0.15, -0.1) is 11.8 Å². The van der Waals surface area contributed by atoms with E-state index in [0.717, 1.165) is 17.0 Å². The molecule has 0 saturated heterocycles. The Morgan fingerprint density at radius 2 is 1.86 bits per heavy atom. The lowest BCUT2D eigenvalue weighted by molar-refractivity contribution is -0.304. The molecule has 0 saturated carbocycles. The van der Waals surface area contributed by atoms with Crippen molar-refractivity contribution in [2.45, 2.75) is 11.3 Å². The number of hydrogen-bond donors (Lipinski definition) is 1. The number of nitrogens with two attached hydrogens (primary N) is 1. The molecule has 0 amide bonds. The fourth-order valence-electron chi connectivity index (χ4n) is 2.06. The first-order chi connectivity index (χ1) is 10.4. The molecule has 22 heavy (non-hydrogen) atoms. The summed E-state index contributed by atoms with van der Waals surface area (Å²) >= 11 is 1.53. The monoisotopic (exact) mass is 318 g/mol. The molecule has 2 N–H and O–H groups in total. The highest BCUT2D eigenvalue weighted by atomic mass is 32.2. The topological polar surface area (TPSA) is 83.2 Å². The molecule has 2 aromatic rings. The Morgan fingerprint density at radius 3 is 2.41 bits per heavy atom. The van der Waals surface area contributed by atoms with Crippen LogP contribution in [0.2, 0.25) is 0 Å². The minimum atomic E-state index is -1.39. The van der Waals surface area contributed by atoms with Gasteiger partial charge in [0, 0.05) is 34.1 Å². The first-order valence-electron chi connectivity index (χ1n) is 6.39. The normalized spacial score (nSPS) is 10.5. The average molecular weight is 318 g/mol. The van der Waals surface area contributed by atoms with Crippen molar-refractivity contribution >= 4 is 29.2 Å². The van der Waals surface area contributed by atoms with E-state index in [-0.39, 0.29) is 16.8 Å². The standard InChI is InChI=1S/C16H14FNO3S/c1-22-12-4-2-9(3-5-12)16(21)13-8-11(17)6-10(15(13)18)7-14(19)20/h2-6,8H,7,18H2,1H3,(H,19,20)/p-1. The molecule has 0 bridgehead atoms. The lowest BCUT2D eigenvalue weighted by atomic mass is 9.97. The molecule has 2 aromatic carbocycles. The number of carbonyl (C=O) groups is 2. The zero-order valence-electron chi connectivity index (χ0n) is 11.8. The molecule has 4 nitrogen and oxygen atoms in total. The number of aliphatic carboxylic acids is 1. The highest BCUT2D eigenvalue weighted by Crippen LogP contribution is 2.24. The molecule has 0 radical (unpaired) electrons. The summed E-state index contributed by atoms with van der Waals surface area (Å²) in [4.78, 5) is 24.1. The summed E-state index contributed by atoms with van der Waals surface area (Å²) in [5.41, 5.74) is 6.11. The van der Waals surface area contributed by atoms with Crippen molar-refractivity contribution in [3.63, 3.8) is 0 Å². The second-order valence-electron chi connectivity index (χ2n) is 4.63. The van der Waals surface area contributed by atoms with Gasteiger partial charge in [0.1, 0.15) is 5.82 Å². The van der Waals surface area contributed by atoms with Gasteiger partial charge in [-0.25, -0.2) is 4.39 Å². The SMILES string of the molecule is CSc1ccc(C(=O)c2cc(F)cc(CC(=O)[O-])c2N)cc1. The third kappa shape index (κ3) is 3.46. The predicted octanol–water partition coefficient (Wildman–Crippen LogP) is 1.65. The number of benzene rings is 2. The lowest BCUT2D eigenvalue weighted by Gasteiger charge is -2.12. The number of carboxylic acids is 1. The zero-order valence-corrected chi connectivity index (χ0v) is 12.6. The summed E-state index contributed by atoms with van der Waals surface area (Å²) in [5.74, 6) is -2.56. The Hall–Kier alpha value is -2.34. The van der Waals surface area contributed by atoms with Crippen molar-refractivity contribution in [2.75, 3.05) is 12.0 Å². The number of thioether (sulfide) groups is 1. The van der Waals surface area contributed by atoms with E-state index in [0.29, 0.717) is 5.56 Å². The summed E-state index contributed by atoms with van der Waals surface area (Å²) in [6.45, 7) is 0. The van der Waals surface area contributed by atoms with E-state index in [2.05, 4.69) is 0 Å². The van der Waals surface area contributed by atoms with Crippen LogP contribution in [0.3, 0.4) is 0 Å². The van der Waals surface area contributed by atoms with Crippen molar-refractivity contribution in [3.8, 4) is 0 Å². The average Bonchev–Trinajstić information content (AvgIpc) is 2.49. The number of halogens is 1. The lowest BCUT2D eigenvalue weighted by Crippen LogP contribution is -2.25. The third-order valence-corrected chi connectivity index (χ3v) is 3.91. The van der Waals surface area contributed by atoms with E-state index in [1.165, 1.54) is 11.8 Å². The molecular formula is C16H13FNO3S-. The maximum absolute atomic E-state index is 13.6. The highest BCUT2D eigenvalue weighted by Gasteiger charge is 2.17. The van der Waals surface area contributed by atoms with Crippen LogP contribution in [-0.2, 0) is 11.2 Å². The Labute approximate surface area is 131 Å². The van der Waals surface area contributed by atoms with Crippen LogP contribution >= 0.6 is 11.8 Å². The van der Waals surface area contributed by atoms with Gasteiger partial charge in [-0.3, -0.25) is 4.79 Å². The van der Waals surface area contributed by atoms with Gasteiger partial charge >= 0.3 is 0 Å². The molecule has 2 rings (SSSR count). The molecule has 0 aliphatic heterocycles. The van der Waals surface area contributed by atoms with E-state index in [4.69, 9.17) is 5.73 Å². The van der Waals surface area contributed by atoms with Crippen LogP contribution in [0.25, 0.3) is 0 Å². The first-order valence-corrected chi connectivity index (χ1v) is 7.61. The minimum Gasteiger partial charge on any atom is -0.550 e. The molecule has 0 atom stereocenters. The maximum Gasteiger partial charge on any atom is 0.195 e. The largest absolute Gasteiger partial charge is 0.550 e. The van der Waals surface area contributed by atoms with Gasteiger partial charge in [0.2, 0.25) is 0 Å². The van der Waals surface area contributed by atoms with Crippen LogP contribution in [0.5, 0.6) is 0 Å². The summed E-state index contributed by atoms with van der Waals surface area (Å²) < 4.78 is 13.6. The van der Waals surface area contributed by atoms with Crippen molar-refractivity contribution in [2.24, 2.45) is 0 Å². The number of carboxylic acid groups (broad SMARTS) is 1. The zero-order chi connectivity index (χ0) is 16.3. The van der Waals surface area contributed by atoms with Gasteiger partial charge in [-0.2, -0.15) is 0 Å². The maximum atomic E-state index is 13.6. The van der Waals surface area contributed by atoms with Crippen LogP contribution in [0.4, 0.5) is 10.1 Å². The Morgan fingerprint density at radius 1 is 1.23 bits per heavy atom. The summed E-state index contributed by atoms with van der Waals surface area (Å²) in [7, 11) is 0. The van der Waals surface area contributed by atoms with Crippen LogP contribution in [0.1, 0.15) is 21.5 Å². The van der Waals surface area contributed by atoms with Crippen molar-refractivity contribution in [3.05, 3.63) is 58.9 Å². The van der Waals surface area contributed by atoms with Crippen molar-refractivity contribution in [1.82, 2.24) is 0 Å². The molecular weight excluding hydrogens is 305 g/mol. The number of nitrogen functional groups attached to an aromatic ring is 1. The van der Waals surface area contributed by atoms with Gasteiger partial charge in [0.15, 0.2) is 5.78 Å². The van der Waals surface area contributed by atoms with Crippen molar-refractivity contribution in [1.29, 1.82) is 0 Å². The second-order valence-corrected chi connectivity index (χ2v) is 5.51. The molecule has 0 aromatic heterocycles. The van der Waals surface area contributed by atoms with E-state index in [1.807, 2.05) is 6.26 Å². The number of hydrogen-bond acceptors (Lipinski definition) is 5. The van der Waals surface area contributed by atoms with Crippen LogP contribution in [0.15, 0.2) is 41.3 Å². The number of carbonyl (C=O) groups excluding carboxylic acids is 2. The number of anilines is 1. The molecule has 0 unspecified atom stereocenters. The van der Waals surface area contributed by atoms with Gasteiger partial charge < -0.3 is 15.6 Å². The fraction of sp³-hybridized carbons (Fsp3) is 0.125. The minimum absolute atomic E-state index is 0.0316. The van der Waals surface area contributed by atoms with Gasteiger partial charge in [0.05, 0.1) is 0 Å². The Kier molecular flexibility index (Phi) is 4.82. The number of rotatable bonds is 5. The second kappa shape index (κ2) is 6.62. The molecule has 0 heterocycles. The number of ketones is 1. The van der Waals surface area contributed by atoms with E-state index in [9.17, 15) is 19.1 Å². The smallest absolute Gasteiger partial charge is 0.195 e. The molecule has 6 heteroatoms. The van der Waals surface area contributed by atoms with Gasteiger partial charge in [-0.05, 0) is 48.2 Å². The summed E-state index contributed by atoms with van der Waals surface area (Å²) in [5, 5.41) is 10.7. The molecule has 114 valence electrons.